The predicted octanol–water partition coefficient (Wildman–Crippen LogP) is 5.32. The molecule has 0 unspecified atom stereocenters. The molecular formula is C29H27N5O2. The van der Waals surface area contributed by atoms with Crippen molar-refractivity contribution in [1.82, 2.24) is 24.9 Å². The molecule has 7 heteroatoms. The second-order valence-electron chi connectivity index (χ2n) is 8.67. The molecule has 0 atom stereocenters. The first-order chi connectivity index (χ1) is 17.5. The van der Waals surface area contributed by atoms with E-state index in [1.807, 2.05) is 97.5 Å². The Labute approximate surface area is 210 Å². The summed E-state index contributed by atoms with van der Waals surface area (Å²) >= 11 is 0. The molecule has 0 saturated heterocycles. The summed E-state index contributed by atoms with van der Waals surface area (Å²) in [5.74, 6) is 0.518. The van der Waals surface area contributed by atoms with Crippen LogP contribution in [0.2, 0.25) is 0 Å². The highest BCUT2D eigenvalue weighted by Gasteiger charge is 2.15. The lowest BCUT2D eigenvalue weighted by Gasteiger charge is -2.08. The number of aromatic nitrogens is 4. The Morgan fingerprint density at radius 1 is 0.889 bits per heavy atom. The minimum atomic E-state index is -0.258. The van der Waals surface area contributed by atoms with Crippen molar-refractivity contribution in [2.75, 3.05) is 0 Å². The Hall–Kier alpha value is -4.65. The monoisotopic (exact) mass is 477 g/mol. The van der Waals surface area contributed by atoms with Crippen LogP contribution < -0.4 is 10.1 Å². The Bertz CT molecular complexity index is 1450. The van der Waals surface area contributed by atoms with Gasteiger partial charge in [-0.3, -0.25) is 4.79 Å². The largest absolute Gasteiger partial charge is 0.471 e. The lowest BCUT2D eigenvalue weighted by Crippen LogP contribution is -2.23. The van der Waals surface area contributed by atoms with E-state index in [1.165, 1.54) is 0 Å². The van der Waals surface area contributed by atoms with Gasteiger partial charge in [0.1, 0.15) is 11.4 Å². The van der Waals surface area contributed by atoms with Crippen LogP contribution in [0.25, 0.3) is 16.9 Å². The number of hydrogen-bond acceptors (Lipinski definition) is 4. The van der Waals surface area contributed by atoms with Crippen LogP contribution in [0.3, 0.4) is 0 Å². The summed E-state index contributed by atoms with van der Waals surface area (Å²) < 4.78 is 9.29. The normalized spacial score (nSPS) is 10.8. The summed E-state index contributed by atoms with van der Waals surface area (Å²) in [7, 11) is 0. The maximum Gasteiger partial charge on any atom is 0.272 e. The fraction of sp³-hybridized carbons (Fsp3) is 0.138. The van der Waals surface area contributed by atoms with Gasteiger partial charge >= 0.3 is 0 Å². The first-order valence-electron chi connectivity index (χ1n) is 11.8. The number of benzene rings is 3. The number of carbonyl (C=O) groups is 1. The molecule has 1 N–H and O–H groups in total. The molecule has 36 heavy (non-hydrogen) atoms. The van der Waals surface area contributed by atoms with Crippen molar-refractivity contribution in [3.63, 3.8) is 0 Å². The van der Waals surface area contributed by atoms with Gasteiger partial charge in [-0.25, -0.2) is 9.36 Å². The zero-order valence-electron chi connectivity index (χ0n) is 20.3. The molecule has 7 nitrogen and oxygen atoms in total. The number of ether oxygens (including phenoxy) is 1. The highest BCUT2D eigenvalue weighted by Crippen LogP contribution is 2.23. The zero-order valence-corrected chi connectivity index (χ0v) is 20.3. The minimum Gasteiger partial charge on any atom is -0.471 e. The summed E-state index contributed by atoms with van der Waals surface area (Å²) in [6, 6.07) is 27.6. The fourth-order valence-electron chi connectivity index (χ4n) is 4.07. The van der Waals surface area contributed by atoms with Gasteiger partial charge in [0.05, 0.1) is 11.4 Å². The second-order valence-corrected chi connectivity index (χ2v) is 8.67. The molecule has 0 fully saturated rings. The summed E-state index contributed by atoms with van der Waals surface area (Å²) in [4.78, 5) is 12.9. The average Bonchev–Trinajstić information content (AvgIpc) is 3.54. The highest BCUT2D eigenvalue weighted by atomic mass is 16.5. The highest BCUT2D eigenvalue weighted by molar-refractivity contribution is 5.92. The molecule has 1 amide bonds. The lowest BCUT2D eigenvalue weighted by atomic mass is 10.1. The molecule has 0 saturated carbocycles. The van der Waals surface area contributed by atoms with Gasteiger partial charge in [-0.1, -0.05) is 54.6 Å². The molecule has 180 valence electrons. The molecule has 0 aliphatic heterocycles. The smallest absolute Gasteiger partial charge is 0.272 e. The van der Waals surface area contributed by atoms with E-state index in [-0.39, 0.29) is 12.6 Å². The maximum absolute atomic E-state index is 12.9. The molecular weight excluding hydrogens is 450 g/mol. The predicted molar refractivity (Wildman–Crippen MR) is 139 cm³/mol. The van der Waals surface area contributed by atoms with E-state index in [4.69, 9.17) is 9.84 Å². The number of para-hydroxylation sites is 1. The van der Waals surface area contributed by atoms with Gasteiger partial charge in [-0.2, -0.15) is 10.2 Å². The van der Waals surface area contributed by atoms with Gasteiger partial charge in [0.2, 0.25) is 0 Å². The van der Waals surface area contributed by atoms with E-state index < -0.39 is 0 Å². The van der Waals surface area contributed by atoms with Crippen LogP contribution in [-0.2, 0) is 13.3 Å². The third-order valence-electron chi connectivity index (χ3n) is 5.73. The van der Waals surface area contributed by atoms with Gasteiger partial charge in [-0.05, 0) is 55.3 Å². The van der Waals surface area contributed by atoms with Crippen molar-refractivity contribution in [2.24, 2.45) is 0 Å². The van der Waals surface area contributed by atoms with Crippen molar-refractivity contribution in [3.8, 4) is 22.7 Å². The van der Waals surface area contributed by atoms with E-state index in [2.05, 4.69) is 16.5 Å². The first-order valence-corrected chi connectivity index (χ1v) is 11.8. The quantitative estimate of drug-likeness (QED) is 0.328. The summed E-state index contributed by atoms with van der Waals surface area (Å²) in [5.41, 5.74) is 6.28. The van der Waals surface area contributed by atoms with Crippen LogP contribution in [0.1, 0.15) is 27.2 Å². The van der Waals surface area contributed by atoms with E-state index in [1.54, 1.807) is 16.9 Å². The zero-order chi connectivity index (χ0) is 24.9. The van der Waals surface area contributed by atoms with Crippen LogP contribution in [0.15, 0.2) is 97.3 Å². The van der Waals surface area contributed by atoms with Crippen LogP contribution in [0.4, 0.5) is 0 Å². The molecule has 0 aliphatic carbocycles. The molecule has 5 aromatic rings. The van der Waals surface area contributed by atoms with Crippen LogP contribution in [-0.4, -0.2) is 25.5 Å². The third kappa shape index (κ3) is 5.36. The van der Waals surface area contributed by atoms with Gasteiger partial charge < -0.3 is 10.1 Å². The van der Waals surface area contributed by atoms with Gasteiger partial charge in [-0.15, -0.1) is 0 Å². The van der Waals surface area contributed by atoms with E-state index >= 15 is 0 Å². The molecule has 0 bridgehead atoms. The number of rotatable bonds is 8. The van der Waals surface area contributed by atoms with Crippen LogP contribution >= 0.6 is 0 Å². The van der Waals surface area contributed by atoms with Crippen LogP contribution in [0.5, 0.6) is 5.75 Å². The molecule has 0 radical (unpaired) electrons. The number of nitrogens with one attached hydrogen (secondary N) is 1. The van der Waals surface area contributed by atoms with Crippen molar-refractivity contribution in [1.29, 1.82) is 0 Å². The lowest BCUT2D eigenvalue weighted by molar-refractivity contribution is 0.0944. The van der Waals surface area contributed by atoms with Crippen LogP contribution in [0, 0.1) is 13.8 Å². The number of carbonyl (C=O) groups excluding carboxylic acids is 1. The average molecular weight is 478 g/mol. The molecule has 3 aromatic carbocycles. The molecule has 2 heterocycles. The maximum atomic E-state index is 12.9. The van der Waals surface area contributed by atoms with Gasteiger partial charge in [0.15, 0.2) is 6.73 Å². The second kappa shape index (κ2) is 10.3. The number of nitrogens with zero attached hydrogens (tertiary/aromatic N) is 4. The fourth-order valence-corrected chi connectivity index (χ4v) is 4.07. The van der Waals surface area contributed by atoms with Crippen molar-refractivity contribution in [3.05, 3.63) is 120 Å². The Kier molecular flexibility index (Phi) is 6.62. The van der Waals surface area contributed by atoms with Gasteiger partial charge in [0, 0.05) is 30.1 Å². The van der Waals surface area contributed by atoms with Crippen molar-refractivity contribution in [2.45, 2.75) is 27.1 Å². The van der Waals surface area contributed by atoms with Crippen molar-refractivity contribution < 1.29 is 9.53 Å². The standard InChI is InChI=1S/C29H27N5O2/c1-21-15-22(2)17-26(16-21)36-20-33-14-13-27(31-33)29(35)30-18-24-19-34(25-11-7-4-8-12-25)32-28(24)23-9-5-3-6-10-23/h3-17,19H,18,20H2,1-2H3,(H,30,35). The molecule has 0 aliphatic rings. The van der Waals surface area contributed by atoms with E-state index in [0.29, 0.717) is 12.2 Å². The number of amides is 1. The summed E-state index contributed by atoms with van der Waals surface area (Å²) in [6.45, 7) is 4.60. The minimum absolute atomic E-state index is 0.220. The summed E-state index contributed by atoms with van der Waals surface area (Å²) in [6.07, 6.45) is 3.69. The van der Waals surface area contributed by atoms with Gasteiger partial charge in [0.25, 0.3) is 5.91 Å². The SMILES string of the molecule is Cc1cc(C)cc(OCn2ccc(C(=O)NCc3cn(-c4ccccc4)nc3-c3ccccc3)n2)c1. The topological polar surface area (TPSA) is 74.0 Å². The Morgan fingerprint density at radius 3 is 2.31 bits per heavy atom. The first kappa shape index (κ1) is 23.1. The molecule has 5 rings (SSSR count). The summed E-state index contributed by atoms with van der Waals surface area (Å²) in [5, 5.41) is 12.2. The number of hydrogen-bond donors (Lipinski definition) is 1. The Morgan fingerprint density at radius 2 is 1.58 bits per heavy atom. The molecule has 2 aromatic heterocycles. The third-order valence-corrected chi connectivity index (χ3v) is 5.73. The molecule has 0 spiro atoms. The Balaban J connectivity index is 1.28. The number of aryl methyl sites for hydroxylation is 2. The van der Waals surface area contributed by atoms with E-state index in [9.17, 15) is 4.79 Å². The van der Waals surface area contributed by atoms with E-state index in [0.717, 1.165) is 39.4 Å². The van der Waals surface area contributed by atoms with Crippen molar-refractivity contribution >= 4 is 5.91 Å².